The van der Waals surface area contributed by atoms with Crippen LogP contribution in [0.25, 0.3) is 0 Å². The van der Waals surface area contributed by atoms with E-state index < -0.39 is 0 Å². The van der Waals surface area contributed by atoms with Crippen LogP contribution in [0.3, 0.4) is 0 Å². The van der Waals surface area contributed by atoms with E-state index in [2.05, 4.69) is 11.1 Å². The van der Waals surface area contributed by atoms with Gasteiger partial charge in [0.1, 0.15) is 5.03 Å². The zero-order valence-electron chi connectivity index (χ0n) is 8.48. The second kappa shape index (κ2) is 5.34. The Balaban J connectivity index is 2.22. The first kappa shape index (κ1) is 11.5. The van der Waals surface area contributed by atoms with E-state index >= 15 is 0 Å². The second-order valence-corrected chi connectivity index (χ2v) is 4.60. The van der Waals surface area contributed by atoms with Gasteiger partial charge in [-0.15, -0.1) is 0 Å². The number of rotatable bonds is 3. The first-order valence-corrected chi connectivity index (χ1v) is 5.98. The summed E-state index contributed by atoms with van der Waals surface area (Å²) in [5, 5.41) is 1.51. The maximum absolute atomic E-state index is 6.14. The third-order valence-electron chi connectivity index (χ3n) is 2.02. The molecule has 0 amide bonds. The van der Waals surface area contributed by atoms with Crippen LogP contribution in [0.5, 0.6) is 0 Å². The molecule has 0 aliphatic carbocycles. The SMILES string of the molecule is NCc1ccc(Sc2[c]cccn2)c(Cl)c1. The molecule has 0 bridgehead atoms. The molecule has 1 aromatic heterocycles. The van der Waals surface area contributed by atoms with Gasteiger partial charge in [0.2, 0.25) is 0 Å². The van der Waals surface area contributed by atoms with Gasteiger partial charge in [-0.05, 0) is 23.8 Å². The predicted molar refractivity (Wildman–Crippen MR) is 66.5 cm³/mol. The van der Waals surface area contributed by atoms with Crippen LogP contribution in [0, 0.1) is 6.07 Å². The molecule has 0 aliphatic rings. The van der Waals surface area contributed by atoms with Crippen LogP contribution in [0.15, 0.2) is 46.5 Å². The van der Waals surface area contributed by atoms with Crippen molar-refractivity contribution in [3.63, 3.8) is 0 Å². The van der Waals surface area contributed by atoms with E-state index in [1.165, 1.54) is 11.8 Å². The maximum atomic E-state index is 6.14. The Morgan fingerprint density at radius 1 is 1.44 bits per heavy atom. The lowest BCUT2D eigenvalue weighted by molar-refractivity contribution is 1.06. The molecule has 2 aromatic rings. The number of halogens is 1. The molecular weight excluding hydrogens is 240 g/mol. The third kappa shape index (κ3) is 2.76. The van der Waals surface area contributed by atoms with Crippen molar-refractivity contribution >= 4 is 23.4 Å². The molecule has 16 heavy (non-hydrogen) atoms. The number of pyridine rings is 1. The van der Waals surface area contributed by atoms with Crippen LogP contribution in [-0.2, 0) is 6.54 Å². The minimum Gasteiger partial charge on any atom is -0.326 e. The lowest BCUT2D eigenvalue weighted by atomic mass is 10.2. The van der Waals surface area contributed by atoms with E-state index in [4.69, 9.17) is 17.3 Å². The van der Waals surface area contributed by atoms with E-state index in [1.807, 2.05) is 30.3 Å². The molecule has 4 heteroatoms. The largest absolute Gasteiger partial charge is 0.326 e. The van der Waals surface area contributed by atoms with E-state index in [1.54, 1.807) is 6.20 Å². The molecule has 1 aromatic carbocycles. The lowest BCUT2D eigenvalue weighted by Crippen LogP contribution is -1.95. The Morgan fingerprint density at radius 2 is 2.31 bits per heavy atom. The van der Waals surface area contributed by atoms with Crippen molar-refractivity contribution in [1.29, 1.82) is 0 Å². The first-order valence-electron chi connectivity index (χ1n) is 4.78. The topological polar surface area (TPSA) is 38.9 Å². The van der Waals surface area contributed by atoms with E-state index in [0.717, 1.165) is 15.5 Å². The predicted octanol–water partition coefficient (Wildman–Crippen LogP) is 3.15. The molecule has 0 unspecified atom stereocenters. The van der Waals surface area contributed by atoms with Crippen LogP contribution < -0.4 is 5.73 Å². The summed E-state index contributed by atoms with van der Waals surface area (Å²) in [5.74, 6) is 0. The van der Waals surface area contributed by atoms with Crippen LogP contribution >= 0.6 is 23.4 Å². The van der Waals surface area contributed by atoms with Crippen molar-refractivity contribution in [1.82, 2.24) is 4.98 Å². The molecule has 1 heterocycles. The highest BCUT2D eigenvalue weighted by atomic mass is 35.5. The van der Waals surface area contributed by atoms with E-state index in [0.29, 0.717) is 11.6 Å². The summed E-state index contributed by atoms with van der Waals surface area (Å²) in [6.45, 7) is 0.500. The van der Waals surface area contributed by atoms with Gasteiger partial charge < -0.3 is 5.73 Å². The Bertz CT molecular complexity index is 474. The molecule has 0 saturated heterocycles. The summed E-state index contributed by atoms with van der Waals surface area (Å²) < 4.78 is 0. The average molecular weight is 250 g/mol. The number of aromatic nitrogens is 1. The second-order valence-electron chi connectivity index (χ2n) is 3.16. The Labute approximate surface area is 104 Å². The van der Waals surface area contributed by atoms with E-state index in [9.17, 15) is 0 Å². The molecule has 2 N–H and O–H groups in total. The molecule has 2 rings (SSSR count). The summed E-state index contributed by atoms with van der Waals surface area (Å²) in [5.41, 5.74) is 6.56. The van der Waals surface area contributed by atoms with Crippen molar-refractivity contribution in [3.05, 3.63) is 53.2 Å². The molecule has 0 aliphatic heterocycles. The van der Waals surface area contributed by atoms with Gasteiger partial charge in [-0.2, -0.15) is 0 Å². The van der Waals surface area contributed by atoms with E-state index in [-0.39, 0.29) is 0 Å². The lowest BCUT2D eigenvalue weighted by Gasteiger charge is -2.04. The number of nitrogens with zero attached hydrogens (tertiary/aromatic N) is 1. The fraction of sp³-hybridized carbons (Fsp3) is 0.0833. The van der Waals surface area contributed by atoms with Crippen molar-refractivity contribution in [2.24, 2.45) is 5.73 Å². The molecule has 0 atom stereocenters. The third-order valence-corrected chi connectivity index (χ3v) is 3.44. The summed E-state index contributed by atoms with van der Waals surface area (Å²) in [7, 11) is 0. The number of hydrogen-bond acceptors (Lipinski definition) is 3. The zero-order valence-corrected chi connectivity index (χ0v) is 10.1. The number of hydrogen-bond donors (Lipinski definition) is 1. The minimum atomic E-state index is 0.500. The van der Waals surface area contributed by atoms with Crippen LogP contribution in [-0.4, -0.2) is 4.98 Å². The summed E-state index contributed by atoms with van der Waals surface area (Å²) in [6.07, 6.45) is 1.74. The summed E-state index contributed by atoms with van der Waals surface area (Å²) in [4.78, 5) is 5.15. The van der Waals surface area contributed by atoms with Gasteiger partial charge in [0.05, 0.1) is 5.02 Å². The molecule has 0 fully saturated rings. The number of benzene rings is 1. The quantitative estimate of drug-likeness (QED) is 0.908. The fourth-order valence-electron chi connectivity index (χ4n) is 1.22. The summed E-state index contributed by atoms with van der Waals surface area (Å²) >= 11 is 7.63. The Kier molecular flexibility index (Phi) is 3.83. The molecule has 0 saturated carbocycles. The van der Waals surface area contributed by atoms with Gasteiger partial charge in [0.15, 0.2) is 0 Å². The van der Waals surface area contributed by atoms with Gasteiger partial charge >= 0.3 is 0 Å². The minimum absolute atomic E-state index is 0.500. The van der Waals surface area contributed by atoms with Gasteiger partial charge in [-0.25, -0.2) is 4.98 Å². The van der Waals surface area contributed by atoms with Crippen molar-refractivity contribution in [2.45, 2.75) is 16.5 Å². The smallest absolute Gasteiger partial charge is 0.109 e. The Morgan fingerprint density at radius 3 is 2.94 bits per heavy atom. The van der Waals surface area contributed by atoms with Crippen LogP contribution in [0.4, 0.5) is 0 Å². The summed E-state index contributed by atoms with van der Waals surface area (Å²) in [6, 6.07) is 12.5. The molecule has 1 radical (unpaired) electrons. The molecule has 81 valence electrons. The van der Waals surface area contributed by atoms with Gasteiger partial charge in [0.25, 0.3) is 0 Å². The van der Waals surface area contributed by atoms with Crippen molar-refractivity contribution < 1.29 is 0 Å². The van der Waals surface area contributed by atoms with Gasteiger partial charge in [-0.1, -0.05) is 35.5 Å². The highest BCUT2D eigenvalue weighted by molar-refractivity contribution is 7.99. The normalized spacial score (nSPS) is 10.4. The Hall–Kier alpha value is -1.03. The zero-order chi connectivity index (χ0) is 11.4. The average Bonchev–Trinajstić information content (AvgIpc) is 2.33. The molecule has 0 spiro atoms. The van der Waals surface area contributed by atoms with Crippen LogP contribution in [0.2, 0.25) is 5.02 Å². The first-order chi connectivity index (χ1) is 7.79. The van der Waals surface area contributed by atoms with Crippen LogP contribution in [0.1, 0.15) is 5.56 Å². The van der Waals surface area contributed by atoms with Crippen molar-refractivity contribution in [2.75, 3.05) is 0 Å². The highest BCUT2D eigenvalue weighted by Gasteiger charge is 2.04. The van der Waals surface area contributed by atoms with Gasteiger partial charge in [-0.3, -0.25) is 0 Å². The standard InChI is InChI=1S/C12H10ClN2S/c13-10-7-9(8-14)4-5-11(10)16-12-3-1-2-6-15-12/h1-2,4-7H,8,14H2. The molecule has 2 nitrogen and oxygen atoms in total. The number of nitrogens with two attached hydrogens (primary N) is 1. The monoisotopic (exact) mass is 249 g/mol. The fourth-order valence-corrected chi connectivity index (χ4v) is 2.28. The highest BCUT2D eigenvalue weighted by Crippen LogP contribution is 2.32. The van der Waals surface area contributed by atoms with Gasteiger partial charge in [0, 0.05) is 23.7 Å². The molecular formula is C12H10ClN2S. The maximum Gasteiger partial charge on any atom is 0.109 e. The van der Waals surface area contributed by atoms with Crippen molar-refractivity contribution in [3.8, 4) is 0 Å².